The third-order valence-corrected chi connectivity index (χ3v) is 6.83. The molecule has 0 saturated carbocycles. The number of nitrogens with one attached hydrogen (secondary N) is 1. The van der Waals surface area contributed by atoms with Crippen LogP contribution >= 0.6 is 23.1 Å². The zero-order valence-corrected chi connectivity index (χ0v) is 21.0. The Bertz CT molecular complexity index is 1280. The van der Waals surface area contributed by atoms with Gasteiger partial charge in [-0.15, -0.1) is 28.1 Å². The van der Waals surface area contributed by atoms with Crippen LogP contribution in [0.5, 0.6) is 0 Å². The average molecular weight is 491 g/mol. The van der Waals surface area contributed by atoms with Crippen molar-refractivity contribution in [2.24, 2.45) is 0 Å². The first-order valence-electron chi connectivity index (χ1n) is 10.7. The summed E-state index contributed by atoms with van der Waals surface area (Å²) in [5.74, 6) is 0.810. The molecule has 0 radical (unpaired) electrons. The number of hydrogen-bond acceptors (Lipinski definition) is 7. The van der Waals surface area contributed by atoms with Crippen molar-refractivity contribution in [1.82, 2.24) is 19.7 Å². The standard InChI is InChI=1S/C25H26N6OS2/c1-5-14-31-23(19-10-12-20(13-11-19)30(3)4)28-29-25(31)34-16-22(32)27-24-26-21(15-33-24)18-8-6-17(2)7-9-18/h5-13,15H,1,14,16H2,2-4H3,(H,26,27,32). The van der Waals surface area contributed by atoms with Gasteiger partial charge in [-0.3, -0.25) is 9.36 Å². The zero-order chi connectivity index (χ0) is 24.1. The zero-order valence-electron chi connectivity index (χ0n) is 19.4. The number of thiazole rings is 1. The Kier molecular flexibility index (Phi) is 7.44. The topological polar surface area (TPSA) is 75.9 Å². The fraction of sp³-hybridized carbons (Fsp3) is 0.200. The minimum absolute atomic E-state index is 0.139. The smallest absolute Gasteiger partial charge is 0.236 e. The van der Waals surface area contributed by atoms with Gasteiger partial charge < -0.3 is 10.2 Å². The lowest BCUT2D eigenvalue weighted by Gasteiger charge is -2.13. The van der Waals surface area contributed by atoms with Gasteiger partial charge in [0.05, 0.1) is 11.4 Å². The number of allylic oxidation sites excluding steroid dienone is 1. The summed E-state index contributed by atoms with van der Waals surface area (Å²) in [6, 6.07) is 16.3. The van der Waals surface area contributed by atoms with E-state index in [4.69, 9.17) is 0 Å². The molecule has 2 aromatic heterocycles. The number of benzene rings is 2. The molecule has 4 rings (SSSR count). The van der Waals surface area contributed by atoms with E-state index >= 15 is 0 Å². The van der Waals surface area contributed by atoms with Gasteiger partial charge in [0.25, 0.3) is 0 Å². The molecule has 1 amide bonds. The Hall–Kier alpha value is -3.43. The van der Waals surface area contributed by atoms with Crippen LogP contribution in [0.3, 0.4) is 0 Å². The monoisotopic (exact) mass is 490 g/mol. The number of thioether (sulfide) groups is 1. The van der Waals surface area contributed by atoms with E-state index in [0.29, 0.717) is 16.8 Å². The molecule has 0 fully saturated rings. The number of carbonyl (C=O) groups is 1. The van der Waals surface area contributed by atoms with E-state index in [-0.39, 0.29) is 11.7 Å². The number of amides is 1. The molecule has 0 aliphatic carbocycles. The highest BCUT2D eigenvalue weighted by Crippen LogP contribution is 2.27. The summed E-state index contributed by atoms with van der Waals surface area (Å²) < 4.78 is 1.97. The van der Waals surface area contributed by atoms with Crippen molar-refractivity contribution in [1.29, 1.82) is 0 Å². The van der Waals surface area contributed by atoms with Crippen molar-refractivity contribution in [2.45, 2.75) is 18.6 Å². The van der Waals surface area contributed by atoms with E-state index in [0.717, 1.165) is 28.3 Å². The van der Waals surface area contributed by atoms with Gasteiger partial charge >= 0.3 is 0 Å². The molecule has 9 heteroatoms. The fourth-order valence-corrected chi connectivity index (χ4v) is 4.77. The molecule has 0 atom stereocenters. The Morgan fingerprint density at radius 1 is 1.12 bits per heavy atom. The Balaban J connectivity index is 1.41. The lowest BCUT2D eigenvalue weighted by molar-refractivity contribution is -0.113. The van der Waals surface area contributed by atoms with Crippen molar-refractivity contribution in [3.8, 4) is 22.6 Å². The molecule has 0 bridgehead atoms. The number of aromatic nitrogens is 4. The molecule has 1 N–H and O–H groups in total. The lowest BCUT2D eigenvalue weighted by atomic mass is 10.1. The van der Waals surface area contributed by atoms with Crippen LogP contribution in [0.2, 0.25) is 0 Å². The lowest BCUT2D eigenvalue weighted by Crippen LogP contribution is -2.14. The van der Waals surface area contributed by atoms with Gasteiger partial charge in [0.2, 0.25) is 5.91 Å². The van der Waals surface area contributed by atoms with Gasteiger partial charge in [0.1, 0.15) is 0 Å². The molecule has 0 aliphatic rings. The summed E-state index contributed by atoms with van der Waals surface area (Å²) in [6.45, 7) is 6.45. The van der Waals surface area contributed by atoms with Crippen molar-refractivity contribution in [3.05, 3.63) is 72.1 Å². The van der Waals surface area contributed by atoms with Crippen LogP contribution in [0, 0.1) is 6.92 Å². The van der Waals surface area contributed by atoms with Crippen LogP contribution in [0.25, 0.3) is 22.6 Å². The van der Waals surface area contributed by atoms with E-state index in [9.17, 15) is 4.79 Å². The summed E-state index contributed by atoms with van der Waals surface area (Å²) in [5, 5.41) is 14.8. The van der Waals surface area contributed by atoms with Crippen LogP contribution < -0.4 is 10.2 Å². The first-order valence-corrected chi connectivity index (χ1v) is 12.6. The molecular formula is C25H26N6OS2. The third-order valence-electron chi connectivity index (χ3n) is 5.10. The van der Waals surface area contributed by atoms with E-state index < -0.39 is 0 Å². The number of rotatable bonds is 9. The summed E-state index contributed by atoms with van der Waals surface area (Å²) in [7, 11) is 4.01. The number of carbonyl (C=O) groups excluding carboxylic acids is 1. The predicted octanol–water partition coefficient (Wildman–Crippen LogP) is 5.36. The quantitative estimate of drug-likeness (QED) is 0.251. The number of hydrogen-bond donors (Lipinski definition) is 1. The highest BCUT2D eigenvalue weighted by atomic mass is 32.2. The molecule has 174 valence electrons. The molecule has 2 heterocycles. The summed E-state index contributed by atoms with van der Waals surface area (Å²) in [5.41, 5.74) is 5.15. The predicted molar refractivity (Wildman–Crippen MR) is 142 cm³/mol. The van der Waals surface area contributed by atoms with Gasteiger partial charge in [-0.05, 0) is 31.2 Å². The number of aryl methyl sites for hydroxylation is 1. The SMILES string of the molecule is C=CCn1c(SCC(=O)Nc2nc(-c3ccc(C)cc3)cs2)nnc1-c1ccc(N(C)C)cc1. The molecule has 0 saturated heterocycles. The first-order chi connectivity index (χ1) is 16.4. The normalized spacial score (nSPS) is 10.8. The van der Waals surface area contributed by atoms with Crippen molar-refractivity contribution >= 4 is 39.8 Å². The molecule has 34 heavy (non-hydrogen) atoms. The summed E-state index contributed by atoms with van der Waals surface area (Å²) in [4.78, 5) is 19.2. The molecule has 0 spiro atoms. The highest BCUT2D eigenvalue weighted by Gasteiger charge is 2.16. The van der Waals surface area contributed by atoms with Crippen LogP contribution in [0.4, 0.5) is 10.8 Å². The molecule has 4 aromatic rings. The number of nitrogens with zero attached hydrogens (tertiary/aromatic N) is 5. The van der Waals surface area contributed by atoms with Crippen LogP contribution in [0.15, 0.2) is 71.7 Å². The van der Waals surface area contributed by atoms with Gasteiger partial charge in [0.15, 0.2) is 16.1 Å². The molecule has 2 aromatic carbocycles. The third kappa shape index (κ3) is 5.55. The molecule has 0 aliphatic heterocycles. The summed E-state index contributed by atoms with van der Waals surface area (Å²) >= 11 is 2.75. The largest absolute Gasteiger partial charge is 0.378 e. The van der Waals surface area contributed by atoms with Gasteiger partial charge in [0, 0.05) is 42.8 Å². The minimum Gasteiger partial charge on any atom is -0.378 e. The van der Waals surface area contributed by atoms with Crippen molar-refractivity contribution < 1.29 is 4.79 Å². The van der Waals surface area contributed by atoms with Gasteiger partial charge in [-0.2, -0.15) is 0 Å². The first kappa shape index (κ1) is 23.7. The fourth-order valence-electron chi connectivity index (χ4n) is 3.28. The van der Waals surface area contributed by atoms with Crippen molar-refractivity contribution in [2.75, 3.05) is 30.1 Å². The van der Waals surface area contributed by atoms with Crippen LogP contribution in [-0.4, -0.2) is 45.5 Å². The van der Waals surface area contributed by atoms with E-state index in [1.165, 1.54) is 28.7 Å². The summed E-state index contributed by atoms with van der Waals surface area (Å²) in [6.07, 6.45) is 1.80. The molecular weight excluding hydrogens is 464 g/mol. The second-order valence-corrected chi connectivity index (χ2v) is 9.69. The van der Waals surface area contributed by atoms with Crippen LogP contribution in [0.1, 0.15) is 5.56 Å². The second-order valence-electron chi connectivity index (χ2n) is 7.89. The molecule has 0 unspecified atom stereocenters. The van der Waals surface area contributed by atoms with E-state index in [1.807, 2.05) is 84.4 Å². The average Bonchev–Trinajstić information content (AvgIpc) is 3.46. The van der Waals surface area contributed by atoms with Crippen molar-refractivity contribution in [3.63, 3.8) is 0 Å². The molecule has 7 nitrogen and oxygen atoms in total. The van der Waals surface area contributed by atoms with E-state index in [1.54, 1.807) is 6.08 Å². The minimum atomic E-state index is -0.139. The van der Waals surface area contributed by atoms with Gasteiger partial charge in [-0.1, -0.05) is 47.7 Å². The van der Waals surface area contributed by atoms with E-state index in [2.05, 4.69) is 27.1 Å². The van der Waals surface area contributed by atoms with Gasteiger partial charge in [-0.25, -0.2) is 4.98 Å². The van der Waals surface area contributed by atoms with Crippen LogP contribution in [-0.2, 0) is 11.3 Å². The maximum absolute atomic E-state index is 12.6. The Labute approximate surface area is 207 Å². The Morgan fingerprint density at radius 2 is 1.82 bits per heavy atom. The second kappa shape index (κ2) is 10.7. The maximum Gasteiger partial charge on any atom is 0.236 e. The number of anilines is 2. The maximum atomic E-state index is 12.6. The Morgan fingerprint density at radius 3 is 2.50 bits per heavy atom. The highest BCUT2D eigenvalue weighted by molar-refractivity contribution is 7.99.